The van der Waals surface area contributed by atoms with Gasteiger partial charge in [0.05, 0.1) is 13.2 Å². The van der Waals surface area contributed by atoms with Gasteiger partial charge < -0.3 is 19.7 Å². The SMILES string of the molecule is CC1=Cc2c(ccc(Oc3ccnc(Nc4cccc(/C=C/C(=O)N5CCOCC5)c4)n3)c2F)C1. The van der Waals surface area contributed by atoms with Crippen molar-refractivity contribution >= 4 is 29.7 Å². The summed E-state index contributed by atoms with van der Waals surface area (Å²) in [5.41, 5.74) is 4.24. The van der Waals surface area contributed by atoms with Gasteiger partial charge in [0.15, 0.2) is 11.6 Å². The summed E-state index contributed by atoms with van der Waals surface area (Å²) in [4.78, 5) is 22.7. The predicted molar refractivity (Wildman–Crippen MR) is 132 cm³/mol. The van der Waals surface area contributed by atoms with E-state index < -0.39 is 5.82 Å². The maximum absolute atomic E-state index is 14.9. The number of hydrogen-bond acceptors (Lipinski definition) is 6. The van der Waals surface area contributed by atoms with Crippen molar-refractivity contribution in [2.24, 2.45) is 0 Å². The van der Waals surface area contributed by atoms with Crippen LogP contribution in [-0.4, -0.2) is 47.1 Å². The summed E-state index contributed by atoms with van der Waals surface area (Å²) < 4.78 is 25.9. The van der Waals surface area contributed by atoms with Crippen LogP contribution < -0.4 is 10.1 Å². The molecule has 0 spiro atoms. The molecule has 1 aromatic heterocycles. The van der Waals surface area contributed by atoms with Gasteiger partial charge in [-0.3, -0.25) is 4.79 Å². The number of halogens is 1. The molecule has 0 radical (unpaired) electrons. The average Bonchev–Trinajstić information content (AvgIpc) is 3.26. The van der Waals surface area contributed by atoms with Gasteiger partial charge in [0, 0.05) is 42.7 Å². The van der Waals surface area contributed by atoms with E-state index in [0.29, 0.717) is 37.8 Å². The van der Waals surface area contributed by atoms with Crippen molar-refractivity contribution < 1.29 is 18.7 Å². The number of allylic oxidation sites excluding steroid dienone is 1. The van der Waals surface area contributed by atoms with E-state index in [4.69, 9.17) is 9.47 Å². The molecule has 7 nitrogen and oxygen atoms in total. The second-order valence-electron chi connectivity index (χ2n) is 8.46. The van der Waals surface area contributed by atoms with Crippen molar-refractivity contribution in [3.63, 3.8) is 0 Å². The molecular formula is C27H25FN4O3. The molecule has 0 unspecified atom stereocenters. The second-order valence-corrected chi connectivity index (χ2v) is 8.46. The van der Waals surface area contributed by atoms with Crippen molar-refractivity contribution in [3.05, 3.63) is 82.8 Å². The van der Waals surface area contributed by atoms with Crippen LogP contribution in [0.3, 0.4) is 0 Å². The van der Waals surface area contributed by atoms with E-state index in [-0.39, 0.29) is 17.5 Å². The zero-order valence-electron chi connectivity index (χ0n) is 19.3. The zero-order chi connectivity index (χ0) is 24.2. The number of fused-ring (bicyclic) bond motifs is 1. The summed E-state index contributed by atoms with van der Waals surface area (Å²) in [6.45, 7) is 4.32. The second kappa shape index (κ2) is 10.1. The summed E-state index contributed by atoms with van der Waals surface area (Å²) in [7, 11) is 0. The molecule has 1 aliphatic heterocycles. The van der Waals surface area contributed by atoms with E-state index in [1.54, 1.807) is 35.4 Å². The lowest BCUT2D eigenvalue weighted by Gasteiger charge is -2.25. The number of morpholine rings is 1. The fourth-order valence-corrected chi connectivity index (χ4v) is 4.08. The van der Waals surface area contributed by atoms with Crippen molar-refractivity contribution in [1.82, 2.24) is 14.9 Å². The lowest BCUT2D eigenvalue weighted by atomic mass is 10.1. The molecule has 35 heavy (non-hydrogen) atoms. The molecule has 2 aromatic carbocycles. The van der Waals surface area contributed by atoms with E-state index in [2.05, 4.69) is 15.3 Å². The number of carbonyl (C=O) groups is 1. The van der Waals surface area contributed by atoms with Crippen molar-refractivity contribution in [3.8, 4) is 11.6 Å². The Bertz CT molecular complexity index is 1320. The van der Waals surface area contributed by atoms with Crippen LogP contribution in [0.1, 0.15) is 23.6 Å². The van der Waals surface area contributed by atoms with Crippen LogP contribution in [0.2, 0.25) is 0 Å². The highest BCUT2D eigenvalue weighted by Crippen LogP contribution is 2.34. The molecule has 2 heterocycles. The number of aromatic nitrogens is 2. The highest BCUT2D eigenvalue weighted by molar-refractivity contribution is 5.92. The Morgan fingerprint density at radius 2 is 2.06 bits per heavy atom. The van der Waals surface area contributed by atoms with Crippen LogP contribution in [0.5, 0.6) is 11.6 Å². The zero-order valence-corrected chi connectivity index (χ0v) is 19.3. The van der Waals surface area contributed by atoms with Gasteiger partial charge in [-0.05, 0) is 48.7 Å². The fraction of sp³-hybridized carbons (Fsp3) is 0.222. The normalized spacial score (nSPS) is 15.1. The predicted octanol–water partition coefficient (Wildman–Crippen LogP) is 4.98. The Labute approximate surface area is 202 Å². The lowest BCUT2D eigenvalue weighted by molar-refractivity contribution is -0.129. The summed E-state index contributed by atoms with van der Waals surface area (Å²) in [6, 6.07) is 12.6. The molecular weight excluding hydrogens is 447 g/mol. The van der Waals surface area contributed by atoms with Crippen LogP contribution >= 0.6 is 0 Å². The number of hydrogen-bond donors (Lipinski definition) is 1. The third-order valence-corrected chi connectivity index (χ3v) is 5.82. The number of nitrogens with zero attached hydrogens (tertiary/aromatic N) is 3. The number of amides is 1. The molecule has 0 saturated carbocycles. The van der Waals surface area contributed by atoms with Gasteiger partial charge in [0.2, 0.25) is 17.7 Å². The topological polar surface area (TPSA) is 76.6 Å². The summed E-state index contributed by atoms with van der Waals surface area (Å²) in [6.07, 6.45) is 7.49. The quantitative estimate of drug-likeness (QED) is 0.510. The molecule has 1 amide bonds. The van der Waals surface area contributed by atoms with Gasteiger partial charge in [0.25, 0.3) is 0 Å². The van der Waals surface area contributed by atoms with E-state index in [1.807, 2.05) is 43.3 Å². The highest BCUT2D eigenvalue weighted by atomic mass is 19.1. The first-order valence-electron chi connectivity index (χ1n) is 11.5. The van der Waals surface area contributed by atoms with E-state index in [1.165, 1.54) is 0 Å². The van der Waals surface area contributed by atoms with Crippen molar-refractivity contribution in [2.45, 2.75) is 13.3 Å². The lowest BCUT2D eigenvalue weighted by Crippen LogP contribution is -2.39. The number of anilines is 2. The average molecular weight is 473 g/mol. The molecule has 2 aliphatic rings. The number of ether oxygens (including phenoxy) is 2. The number of nitrogens with one attached hydrogen (secondary N) is 1. The Morgan fingerprint density at radius 3 is 2.91 bits per heavy atom. The molecule has 0 atom stereocenters. The number of rotatable bonds is 6. The van der Waals surface area contributed by atoms with Gasteiger partial charge >= 0.3 is 0 Å². The standard InChI is InChI=1S/C27H25FN4O3/c1-18-15-20-6-7-23(26(28)22(20)16-18)35-24-9-10-29-27(31-24)30-21-4-2-3-19(17-21)5-8-25(33)32-11-13-34-14-12-32/h2-10,16-17H,11-15H2,1H3,(H,29,30,31)/b8-5+. The molecule has 5 rings (SSSR count). The van der Waals surface area contributed by atoms with Crippen LogP contribution in [-0.2, 0) is 16.0 Å². The minimum absolute atomic E-state index is 0.0377. The third kappa shape index (κ3) is 5.38. The summed E-state index contributed by atoms with van der Waals surface area (Å²) in [5, 5.41) is 3.13. The van der Waals surface area contributed by atoms with Gasteiger partial charge in [-0.25, -0.2) is 9.37 Å². The molecule has 3 aromatic rings. The van der Waals surface area contributed by atoms with Gasteiger partial charge in [-0.15, -0.1) is 0 Å². The monoisotopic (exact) mass is 472 g/mol. The molecule has 8 heteroatoms. The molecule has 1 aliphatic carbocycles. The van der Waals surface area contributed by atoms with Gasteiger partial charge in [-0.2, -0.15) is 4.98 Å². The first-order chi connectivity index (χ1) is 17.0. The molecule has 0 bridgehead atoms. The van der Waals surface area contributed by atoms with E-state index >= 15 is 0 Å². The number of benzene rings is 2. The summed E-state index contributed by atoms with van der Waals surface area (Å²) in [5.74, 6) is 0.233. The number of carbonyl (C=O) groups excluding carboxylic acids is 1. The van der Waals surface area contributed by atoms with Crippen molar-refractivity contribution in [2.75, 3.05) is 31.6 Å². The van der Waals surface area contributed by atoms with Crippen LogP contribution in [0.15, 0.2) is 60.3 Å². The van der Waals surface area contributed by atoms with E-state index in [0.717, 1.165) is 28.8 Å². The highest BCUT2D eigenvalue weighted by Gasteiger charge is 2.18. The smallest absolute Gasteiger partial charge is 0.246 e. The Morgan fingerprint density at radius 1 is 1.20 bits per heavy atom. The molecule has 1 saturated heterocycles. The Balaban J connectivity index is 1.27. The fourth-order valence-electron chi connectivity index (χ4n) is 4.08. The van der Waals surface area contributed by atoms with Gasteiger partial charge in [-0.1, -0.05) is 29.8 Å². The Hall–Kier alpha value is -4.04. The molecule has 1 N–H and O–H groups in total. The van der Waals surface area contributed by atoms with Crippen LogP contribution in [0.4, 0.5) is 16.0 Å². The van der Waals surface area contributed by atoms with Crippen LogP contribution in [0, 0.1) is 5.82 Å². The van der Waals surface area contributed by atoms with Gasteiger partial charge in [0.1, 0.15) is 0 Å². The minimum Gasteiger partial charge on any atom is -0.436 e. The summed E-state index contributed by atoms with van der Waals surface area (Å²) >= 11 is 0. The largest absolute Gasteiger partial charge is 0.436 e. The van der Waals surface area contributed by atoms with Crippen LogP contribution in [0.25, 0.3) is 12.2 Å². The first kappa shape index (κ1) is 22.7. The molecule has 1 fully saturated rings. The third-order valence-electron chi connectivity index (χ3n) is 5.82. The van der Waals surface area contributed by atoms with Crippen molar-refractivity contribution in [1.29, 1.82) is 0 Å². The van der Waals surface area contributed by atoms with E-state index in [9.17, 15) is 9.18 Å². The first-order valence-corrected chi connectivity index (χ1v) is 11.5. The minimum atomic E-state index is -0.390. The molecule has 178 valence electrons. The Kier molecular flexibility index (Phi) is 6.54. The maximum atomic E-state index is 14.9. The maximum Gasteiger partial charge on any atom is 0.246 e.